The Balaban J connectivity index is 1.77. The summed E-state index contributed by atoms with van der Waals surface area (Å²) in [5.41, 5.74) is 1.50. The first kappa shape index (κ1) is 20.5. The van der Waals surface area contributed by atoms with Crippen molar-refractivity contribution in [1.29, 1.82) is 0 Å². The van der Waals surface area contributed by atoms with Gasteiger partial charge in [0.05, 0.1) is 6.61 Å². The molecule has 2 aromatic rings. The van der Waals surface area contributed by atoms with E-state index in [2.05, 4.69) is 27.5 Å². The molecule has 0 aliphatic rings. The van der Waals surface area contributed by atoms with E-state index in [1.807, 2.05) is 44.1 Å². The highest BCUT2D eigenvalue weighted by Gasteiger charge is 2.06. The van der Waals surface area contributed by atoms with E-state index in [0.29, 0.717) is 31.2 Å². The molecule has 0 aliphatic heterocycles. The third-order valence-electron chi connectivity index (χ3n) is 3.88. The summed E-state index contributed by atoms with van der Waals surface area (Å²) in [6, 6.07) is 9.12. The second-order valence-electron chi connectivity index (χ2n) is 6.49. The van der Waals surface area contributed by atoms with Gasteiger partial charge in [0.15, 0.2) is 0 Å². The van der Waals surface area contributed by atoms with Crippen molar-refractivity contribution in [3.8, 4) is 5.75 Å². The molecule has 0 bridgehead atoms. The molecular weight excluding hydrogens is 342 g/mol. The minimum atomic E-state index is -0.115. The molecule has 2 rings (SSSR count). The first-order chi connectivity index (χ1) is 13.0. The number of aromatic nitrogens is 2. The van der Waals surface area contributed by atoms with E-state index in [1.54, 1.807) is 12.1 Å². The van der Waals surface area contributed by atoms with Crippen LogP contribution in [0.15, 0.2) is 30.3 Å². The number of nitrogens with one attached hydrogen (secondary N) is 2. The quantitative estimate of drug-likeness (QED) is 0.625. The molecule has 0 saturated heterocycles. The van der Waals surface area contributed by atoms with Crippen molar-refractivity contribution < 1.29 is 9.53 Å². The van der Waals surface area contributed by atoms with Crippen LogP contribution in [-0.2, 0) is 0 Å². The van der Waals surface area contributed by atoms with Crippen LogP contribution in [0.4, 0.5) is 11.8 Å². The molecule has 1 heterocycles. The number of amides is 1. The van der Waals surface area contributed by atoms with Gasteiger partial charge in [-0.05, 0) is 37.6 Å². The van der Waals surface area contributed by atoms with Crippen LogP contribution in [0.25, 0.3) is 0 Å². The third kappa shape index (κ3) is 6.77. The van der Waals surface area contributed by atoms with Gasteiger partial charge < -0.3 is 20.3 Å². The summed E-state index contributed by atoms with van der Waals surface area (Å²) in [6.45, 7) is 5.77. The van der Waals surface area contributed by atoms with E-state index < -0.39 is 0 Å². The van der Waals surface area contributed by atoms with E-state index in [-0.39, 0.29) is 5.91 Å². The van der Waals surface area contributed by atoms with Crippen LogP contribution in [-0.4, -0.2) is 49.7 Å². The summed E-state index contributed by atoms with van der Waals surface area (Å²) in [4.78, 5) is 22.9. The minimum Gasteiger partial charge on any atom is -0.494 e. The smallest absolute Gasteiger partial charge is 0.251 e. The van der Waals surface area contributed by atoms with Crippen molar-refractivity contribution in [1.82, 2.24) is 15.3 Å². The van der Waals surface area contributed by atoms with Crippen LogP contribution in [0.1, 0.15) is 35.8 Å². The summed E-state index contributed by atoms with van der Waals surface area (Å²) in [5, 5.41) is 6.03. The lowest BCUT2D eigenvalue weighted by Crippen LogP contribution is -2.29. The molecular formula is C20H29N5O2. The van der Waals surface area contributed by atoms with Gasteiger partial charge in [0, 0.05) is 44.5 Å². The van der Waals surface area contributed by atoms with Crippen LogP contribution in [0, 0.1) is 6.92 Å². The summed E-state index contributed by atoms with van der Waals surface area (Å²) in [5.74, 6) is 2.07. The molecule has 0 atom stereocenters. The maximum absolute atomic E-state index is 12.2. The lowest BCUT2D eigenvalue weighted by molar-refractivity contribution is 0.0955. The second-order valence-corrected chi connectivity index (χ2v) is 6.49. The van der Waals surface area contributed by atoms with E-state index in [1.165, 1.54) is 0 Å². The highest BCUT2D eigenvalue weighted by atomic mass is 16.5. The molecule has 146 valence electrons. The summed E-state index contributed by atoms with van der Waals surface area (Å²) in [7, 11) is 3.87. The maximum Gasteiger partial charge on any atom is 0.251 e. The second kappa shape index (κ2) is 10.4. The predicted molar refractivity (Wildman–Crippen MR) is 109 cm³/mol. The fourth-order valence-corrected chi connectivity index (χ4v) is 2.35. The molecule has 7 nitrogen and oxygen atoms in total. The number of hydrogen-bond donors (Lipinski definition) is 2. The van der Waals surface area contributed by atoms with Crippen LogP contribution in [0.5, 0.6) is 5.75 Å². The fourth-order valence-electron chi connectivity index (χ4n) is 2.35. The van der Waals surface area contributed by atoms with Gasteiger partial charge in [-0.2, -0.15) is 4.98 Å². The summed E-state index contributed by atoms with van der Waals surface area (Å²) >= 11 is 0. The van der Waals surface area contributed by atoms with Crippen LogP contribution in [0.2, 0.25) is 0 Å². The number of ether oxygens (including phenoxy) is 1. The topological polar surface area (TPSA) is 79.4 Å². The Bertz CT molecular complexity index is 732. The summed E-state index contributed by atoms with van der Waals surface area (Å²) in [6.07, 6.45) is 2.12. The Morgan fingerprint density at radius 3 is 2.56 bits per heavy atom. The SMILES string of the molecule is CCCCOc1ccc(C(=O)NCCNc2nc(C)cc(N(C)C)n2)cc1. The molecule has 0 fully saturated rings. The van der Waals surface area contributed by atoms with Crippen LogP contribution < -0.4 is 20.3 Å². The van der Waals surface area contributed by atoms with Crippen molar-refractivity contribution in [2.45, 2.75) is 26.7 Å². The van der Waals surface area contributed by atoms with E-state index in [9.17, 15) is 4.79 Å². The van der Waals surface area contributed by atoms with E-state index in [4.69, 9.17) is 4.74 Å². The van der Waals surface area contributed by atoms with Crippen LogP contribution >= 0.6 is 0 Å². The van der Waals surface area contributed by atoms with Crippen molar-refractivity contribution >= 4 is 17.7 Å². The van der Waals surface area contributed by atoms with Crippen molar-refractivity contribution in [2.24, 2.45) is 0 Å². The number of unbranched alkanes of at least 4 members (excludes halogenated alkanes) is 1. The number of benzene rings is 1. The molecule has 0 aliphatic carbocycles. The molecule has 2 N–H and O–H groups in total. The first-order valence-corrected chi connectivity index (χ1v) is 9.27. The lowest BCUT2D eigenvalue weighted by Gasteiger charge is -2.14. The zero-order valence-corrected chi connectivity index (χ0v) is 16.6. The van der Waals surface area contributed by atoms with Gasteiger partial charge in [-0.15, -0.1) is 0 Å². The minimum absolute atomic E-state index is 0.115. The number of carbonyl (C=O) groups is 1. The standard InChI is InChI=1S/C20H29N5O2/c1-5-6-13-27-17-9-7-16(8-10-17)19(26)21-11-12-22-20-23-15(2)14-18(24-20)25(3)4/h7-10,14H,5-6,11-13H2,1-4H3,(H,21,26)(H,22,23,24). The number of hydrogen-bond acceptors (Lipinski definition) is 6. The van der Waals surface area contributed by atoms with E-state index >= 15 is 0 Å². The van der Waals surface area contributed by atoms with E-state index in [0.717, 1.165) is 30.1 Å². The lowest BCUT2D eigenvalue weighted by atomic mass is 10.2. The molecule has 0 unspecified atom stereocenters. The third-order valence-corrected chi connectivity index (χ3v) is 3.88. The molecule has 7 heteroatoms. The van der Waals surface area contributed by atoms with Gasteiger partial charge in [0.2, 0.25) is 5.95 Å². The highest BCUT2D eigenvalue weighted by Crippen LogP contribution is 2.13. The number of nitrogens with zero attached hydrogens (tertiary/aromatic N) is 3. The molecule has 0 saturated carbocycles. The average Bonchev–Trinajstić information content (AvgIpc) is 2.65. The van der Waals surface area contributed by atoms with Gasteiger partial charge in [-0.25, -0.2) is 4.98 Å². The Morgan fingerprint density at radius 2 is 1.89 bits per heavy atom. The average molecular weight is 371 g/mol. The molecule has 0 spiro atoms. The molecule has 0 radical (unpaired) electrons. The molecule has 1 aromatic heterocycles. The normalized spacial score (nSPS) is 10.4. The Kier molecular flexibility index (Phi) is 7.85. The van der Waals surface area contributed by atoms with Crippen molar-refractivity contribution in [2.75, 3.05) is 44.0 Å². The Morgan fingerprint density at radius 1 is 1.15 bits per heavy atom. The van der Waals surface area contributed by atoms with Crippen LogP contribution in [0.3, 0.4) is 0 Å². The van der Waals surface area contributed by atoms with Gasteiger partial charge in [-0.3, -0.25) is 4.79 Å². The monoisotopic (exact) mass is 371 g/mol. The highest BCUT2D eigenvalue weighted by molar-refractivity contribution is 5.94. The van der Waals surface area contributed by atoms with Gasteiger partial charge in [-0.1, -0.05) is 13.3 Å². The number of anilines is 2. The molecule has 1 aromatic carbocycles. The number of carbonyl (C=O) groups excluding carboxylic acids is 1. The summed E-state index contributed by atoms with van der Waals surface area (Å²) < 4.78 is 5.61. The zero-order valence-electron chi connectivity index (χ0n) is 16.6. The predicted octanol–water partition coefficient (Wildman–Crippen LogP) is 2.87. The number of aryl methyl sites for hydroxylation is 1. The van der Waals surface area contributed by atoms with Gasteiger partial charge in [0.1, 0.15) is 11.6 Å². The zero-order chi connectivity index (χ0) is 19.6. The van der Waals surface area contributed by atoms with Gasteiger partial charge in [0.25, 0.3) is 5.91 Å². The largest absolute Gasteiger partial charge is 0.494 e. The van der Waals surface area contributed by atoms with Crippen molar-refractivity contribution in [3.63, 3.8) is 0 Å². The van der Waals surface area contributed by atoms with Crippen molar-refractivity contribution in [3.05, 3.63) is 41.6 Å². The molecule has 27 heavy (non-hydrogen) atoms. The first-order valence-electron chi connectivity index (χ1n) is 9.27. The molecule has 1 amide bonds. The Labute approximate surface area is 161 Å². The number of rotatable bonds is 10. The maximum atomic E-state index is 12.2. The fraction of sp³-hybridized carbons (Fsp3) is 0.450. The van der Waals surface area contributed by atoms with Gasteiger partial charge >= 0.3 is 0 Å². The Hall–Kier alpha value is -2.83.